The van der Waals surface area contributed by atoms with Gasteiger partial charge in [0.1, 0.15) is 0 Å². The summed E-state index contributed by atoms with van der Waals surface area (Å²) >= 11 is 1.98. The lowest BCUT2D eigenvalue weighted by Crippen LogP contribution is -2.50. The van der Waals surface area contributed by atoms with Crippen molar-refractivity contribution in [1.29, 1.82) is 0 Å². The van der Waals surface area contributed by atoms with E-state index in [1.54, 1.807) is 6.92 Å². The third-order valence-electron chi connectivity index (χ3n) is 7.38. The Labute approximate surface area is 199 Å². The Morgan fingerprint density at radius 2 is 2.21 bits per heavy atom. The fraction of sp³-hybridized carbons (Fsp3) is 0.708. The molecule has 5 rings (SSSR count). The summed E-state index contributed by atoms with van der Waals surface area (Å²) in [5, 5.41) is 8.75. The summed E-state index contributed by atoms with van der Waals surface area (Å²) in [5.74, 6) is 0.0990. The fourth-order valence-electron chi connectivity index (χ4n) is 5.54. The van der Waals surface area contributed by atoms with Gasteiger partial charge in [0.15, 0.2) is 0 Å². The average Bonchev–Trinajstić information content (AvgIpc) is 3.43. The van der Waals surface area contributed by atoms with Crippen molar-refractivity contribution in [1.82, 2.24) is 24.8 Å². The predicted octanol–water partition coefficient (Wildman–Crippen LogP) is 2.60. The quantitative estimate of drug-likeness (QED) is 0.665. The highest BCUT2D eigenvalue weighted by atomic mass is 32.1. The van der Waals surface area contributed by atoms with Gasteiger partial charge in [-0.25, -0.2) is 4.68 Å². The number of morpholine rings is 1. The maximum absolute atomic E-state index is 11.7. The molecular weight excluding hydrogens is 438 g/mol. The highest BCUT2D eigenvalue weighted by molar-refractivity contribution is 7.12. The Kier molecular flexibility index (Phi) is 6.57. The number of thiophene rings is 1. The second kappa shape index (κ2) is 9.44. The molecule has 0 N–H and O–H groups in total. The van der Waals surface area contributed by atoms with Gasteiger partial charge >= 0.3 is 0 Å². The first-order valence-corrected chi connectivity index (χ1v) is 13.0. The zero-order valence-corrected chi connectivity index (χ0v) is 20.8. The first kappa shape index (κ1) is 23.0. The molecule has 1 amide bonds. The molecule has 0 saturated carbocycles. The number of carbonyl (C=O) groups is 1. The van der Waals surface area contributed by atoms with E-state index in [0.29, 0.717) is 32.3 Å². The molecular formula is C24H35N5O3S. The summed E-state index contributed by atoms with van der Waals surface area (Å²) in [5.41, 5.74) is 2.32. The van der Waals surface area contributed by atoms with Gasteiger partial charge in [-0.2, -0.15) is 0 Å². The molecule has 1 spiro atoms. The van der Waals surface area contributed by atoms with Crippen molar-refractivity contribution in [3.05, 3.63) is 33.3 Å². The number of nitrogens with zero attached hydrogens (tertiary/aromatic N) is 5. The second-order valence-electron chi connectivity index (χ2n) is 9.66. The largest absolute Gasteiger partial charge is 0.373 e. The van der Waals surface area contributed by atoms with Crippen molar-refractivity contribution in [3.63, 3.8) is 0 Å². The molecule has 33 heavy (non-hydrogen) atoms. The molecule has 0 aliphatic carbocycles. The van der Waals surface area contributed by atoms with Crippen LogP contribution in [0, 0.1) is 0 Å². The van der Waals surface area contributed by atoms with E-state index in [-0.39, 0.29) is 17.6 Å². The lowest BCUT2D eigenvalue weighted by atomic mass is 9.79. The van der Waals surface area contributed by atoms with Crippen molar-refractivity contribution in [2.75, 3.05) is 32.8 Å². The zero-order valence-electron chi connectivity index (χ0n) is 20.0. The van der Waals surface area contributed by atoms with Gasteiger partial charge in [-0.1, -0.05) is 12.1 Å². The van der Waals surface area contributed by atoms with E-state index < -0.39 is 0 Å². The third kappa shape index (κ3) is 4.73. The Morgan fingerprint density at radius 1 is 1.33 bits per heavy atom. The molecule has 8 nitrogen and oxygen atoms in total. The number of likely N-dealkylation sites (tertiary alicyclic amines) is 1. The summed E-state index contributed by atoms with van der Waals surface area (Å²) < 4.78 is 14.2. The Bertz CT molecular complexity index is 991. The number of piperidine rings is 1. The number of fused-ring (bicyclic) bond motifs is 2. The molecule has 1 unspecified atom stereocenters. The molecule has 2 fully saturated rings. The van der Waals surface area contributed by atoms with E-state index in [1.165, 1.54) is 15.3 Å². The van der Waals surface area contributed by atoms with E-state index in [0.717, 1.165) is 51.1 Å². The number of aromatic nitrogens is 3. The minimum atomic E-state index is -0.119. The first-order chi connectivity index (χ1) is 16.0. The van der Waals surface area contributed by atoms with Gasteiger partial charge in [-0.15, -0.1) is 16.4 Å². The average molecular weight is 474 g/mol. The molecule has 9 heteroatoms. The van der Waals surface area contributed by atoms with Crippen LogP contribution in [0.25, 0.3) is 0 Å². The maximum Gasteiger partial charge on any atom is 0.219 e. The Hall–Kier alpha value is -1.81. The van der Waals surface area contributed by atoms with E-state index in [9.17, 15) is 4.79 Å². The van der Waals surface area contributed by atoms with Crippen molar-refractivity contribution in [3.8, 4) is 0 Å². The summed E-state index contributed by atoms with van der Waals surface area (Å²) in [6.45, 7) is 11.2. The Balaban J connectivity index is 1.20. The molecule has 3 atom stereocenters. The number of ether oxygens (including phenoxy) is 2. The van der Waals surface area contributed by atoms with Crippen LogP contribution >= 0.6 is 11.3 Å². The van der Waals surface area contributed by atoms with Crippen LogP contribution in [0.15, 0.2) is 12.3 Å². The van der Waals surface area contributed by atoms with E-state index in [1.807, 2.05) is 27.1 Å². The third-order valence-corrected chi connectivity index (χ3v) is 8.72. The lowest BCUT2D eigenvalue weighted by molar-refractivity contribution is -0.136. The van der Waals surface area contributed by atoms with Gasteiger partial charge in [0.25, 0.3) is 0 Å². The molecule has 0 radical (unpaired) electrons. The number of rotatable bonds is 5. The highest BCUT2D eigenvalue weighted by Crippen LogP contribution is 2.46. The van der Waals surface area contributed by atoms with Crippen molar-refractivity contribution in [2.24, 2.45) is 0 Å². The molecule has 2 aromatic heterocycles. The molecule has 180 valence electrons. The van der Waals surface area contributed by atoms with Gasteiger partial charge in [0.05, 0.1) is 37.2 Å². The standard InChI is InChI=1S/C24H35N5O3S/c1-4-21-11-22-23(33-21)5-9-32-24(22)6-7-27(17(2)12-24)13-19-14-29(26-25-19)16-20-15-28(18(3)30)8-10-31-20/h11,14,17,20H,4-10,12-13,15-16H2,1-3H3/t17-,20?,24+/m0/s1. The lowest BCUT2D eigenvalue weighted by Gasteiger charge is -2.47. The monoisotopic (exact) mass is 473 g/mol. The van der Waals surface area contributed by atoms with Gasteiger partial charge < -0.3 is 14.4 Å². The smallest absolute Gasteiger partial charge is 0.219 e. The van der Waals surface area contributed by atoms with Crippen LogP contribution in [0.2, 0.25) is 0 Å². The molecule has 3 aliphatic rings. The molecule has 3 aliphatic heterocycles. The Morgan fingerprint density at radius 3 is 3.00 bits per heavy atom. The molecule has 2 saturated heterocycles. The van der Waals surface area contributed by atoms with E-state index in [2.05, 4.69) is 35.1 Å². The highest BCUT2D eigenvalue weighted by Gasteiger charge is 2.44. The van der Waals surface area contributed by atoms with Crippen molar-refractivity contribution >= 4 is 17.2 Å². The van der Waals surface area contributed by atoms with Gasteiger partial charge in [-0.3, -0.25) is 9.69 Å². The second-order valence-corrected chi connectivity index (χ2v) is 10.9. The van der Waals surface area contributed by atoms with E-state index in [4.69, 9.17) is 9.47 Å². The van der Waals surface area contributed by atoms with Crippen LogP contribution in [-0.4, -0.2) is 75.7 Å². The van der Waals surface area contributed by atoms with Crippen LogP contribution in [-0.2, 0) is 45.8 Å². The topological polar surface area (TPSA) is 72.7 Å². The predicted molar refractivity (Wildman–Crippen MR) is 126 cm³/mol. The van der Waals surface area contributed by atoms with Crippen LogP contribution in [0.3, 0.4) is 0 Å². The molecule has 2 aromatic rings. The molecule has 5 heterocycles. The van der Waals surface area contributed by atoms with E-state index >= 15 is 0 Å². The number of hydrogen-bond donors (Lipinski definition) is 0. The summed E-state index contributed by atoms with van der Waals surface area (Å²) in [7, 11) is 0. The van der Waals surface area contributed by atoms with Crippen LogP contribution in [0.1, 0.15) is 54.6 Å². The maximum atomic E-state index is 11.7. The summed E-state index contributed by atoms with van der Waals surface area (Å²) in [6.07, 6.45) is 6.18. The van der Waals surface area contributed by atoms with Crippen LogP contribution in [0.4, 0.5) is 0 Å². The van der Waals surface area contributed by atoms with Gasteiger partial charge in [0.2, 0.25) is 5.91 Å². The molecule has 0 bridgehead atoms. The SMILES string of the molecule is CCc1cc2c(s1)CCO[C@@]21CCN(Cc2cn(CC3CN(C(C)=O)CCO3)nn2)[C@@H](C)C1. The normalized spacial score (nSPS) is 28.3. The number of aryl methyl sites for hydroxylation is 1. The number of amides is 1. The minimum Gasteiger partial charge on any atom is -0.373 e. The van der Waals surface area contributed by atoms with Crippen LogP contribution in [0.5, 0.6) is 0 Å². The number of carbonyl (C=O) groups excluding carboxylic acids is 1. The van der Waals surface area contributed by atoms with Gasteiger partial charge in [0, 0.05) is 61.5 Å². The van der Waals surface area contributed by atoms with Crippen LogP contribution < -0.4 is 0 Å². The van der Waals surface area contributed by atoms with Crippen molar-refractivity contribution < 1.29 is 14.3 Å². The minimum absolute atomic E-state index is 0.0396. The summed E-state index contributed by atoms with van der Waals surface area (Å²) in [4.78, 5) is 19.0. The number of hydrogen-bond acceptors (Lipinski definition) is 7. The van der Waals surface area contributed by atoms with Gasteiger partial charge in [-0.05, 0) is 37.8 Å². The fourth-order valence-corrected chi connectivity index (χ4v) is 6.72. The summed E-state index contributed by atoms with van der Waals surface area (Å²) in [6, 6.07) is 2.82. The zero-order chi connectivity index (χ0) is 23.0. The molecule has 0 aromatic carbocycles. The first-order valence-electron chi connectivity index (χ1n) is 12.2. The van der Waals surface area contributed by atoms with Crippen molar-refractivity contribution in [2.45, 2.75) is 77.3 Å².